The molecule has 0 bridgehead atoms. The van der Waals surface area contributed by atoms with Crippen LogP contribution in [0.1, 0.15) is 10.4 Å². The number of amides is 1. The van der Waals surface area contributed by atoms with E-state index in [0.29, 0.717) is 10.5 Å². The lowest BCUT2D eigenvalue weighted by Gasteiger charge is -2.15. The van der Waals surface area contributed by atoms with Crippen molar-refractivity contribution < 1.29 is 22.0 Å². The van der Waals surface area contributed by atoms with Crippen molar-refractivity contribution in [2.24, 2.45) is 0 Å². The second kappa shape index (κ2) is 7.40. The third-order valence-corrected chi connectivity index (χ3v) is 4.74. The SMILES string of the molecule is CN(C)C(=O)c1ccc(NS(C)(=O)=O)c(Sc2ccc(F)cc2F)c1. The fourth-order valence-electron chi connectivity index (χ4n) is 1.96. The second-order valence-corrected chi connectivity index (χ2v) is 8.29. The molecule has 0 saturated heterocycles. The summed E-state index contributed by atoms with van der Waals surface area (Å²) in [7, 11) is -0.409. The molecular weight excluding hydrogens is 370 g/mol. The highest BCUT2D eigenvalue weighted by Crippen LogP contribution is 2.36. The van der Waals surface area contributed by atoms with Gasteiger partial charge in [-0.05, 0) is 30.3 Å². The summed E-state index contributed by atoms with van der Waals surface area (Å²) in [5.41, 5.74) is 0.514. The van der Waals surface area contributed by atoms with Crippen LogP contribution in [0.5, 0.6) is 0 Å². The fraction of sp³-hybridized carbons (Fsp3) is 0.188. The number of nitrogens with zero attached hydrogens (tertiary/aromatic N) is 1. The van der Waals surface area contributed by atoms with E-state index >= 15 is 0 Å². The van der Waals surface area contributed by atoms with Crippen LogP contribution in [0.25, 0.3) is 0 Å². The molecule has 0 spiro atoms. The van der Waals surface area contributed by atoms with Crippen LogP contribution >= 0.6 is 11.8 Å². The number of hydrogen-bond acceptors (Lipinski definition) is 4. The Bertz CT molecular complexity index is 916. The van der Waals surface area contributed by atoms with Crippen molar-refractivity contribution in [1.29, 1.82) is 0 Å². The second-order valence-electron chi connectivity index (χ2n) is 5.46. The van der Waals surface area contributed by atoms with Crippen LogP contribution < -0.4 is 4.72 Å². The monoisotopic (exact) mass is 386 g/mol. The van der Waals surface area contributed by atoms with Gasteiger partial charge in [-0.15, -0.1) is 0 Å². The zero-order chi connectivity index (χ0) is 18.8. The summed E-state index contributed by atoms with van der Waals surface area (Å²) in [5.74, 6) is -1.78. The van der Waals surface area contributed by atoms with E-state index in [2.05, 4.69) is 4.72 Å². The Morgan fingerprint density at radius 3 is 2.32 bits per heavy atom. The molecule has 134 valence electrons. The minimum atomic E-state index is -3.57. The van der Waals surface area contributed by atoms with E-state index < -0.39 is 21.7 Å². The van der Waals surface area contributed by atoms with Gasteiger partial charge in [0.15, 0.2) is 0 Å². The smallest absolute Gasteiger partial charge is 0.253 e. The van der Waals surface area contributed by atoms with Crippen molar-refractivity contribution in [1.82, 2.24) is 4.90 Å². The maximum absolute atomic E-state index is 13.9. The molecule has 2 aromatic carbocycles. The van der Waals surface area contributed by atoms with Crippen LogP contribution in [0.15, 0.2) is 46.2 Å². The van der Waals surface area contributed by atoms with Gasteiger partial charge in [-0.1, -0.05) is 11.8 Å². The Hall–Kier alpha value is -2.13. The molecule has 0 atom stereocenters. The van der Waals surface area contributed by atoms with Gasteiger partial charge in [0.25, 0.3) is 5.91 Å². The third-order valence-electron chi connectivity index (χ3n) is 3.04. The van der Waals surface area contributed by atoms with E-state index in [4.69, 9.17) is 0 Å². The van der Waals surface area contributed by atoms with Gasteiger partial charge in [0, 0.05) is 35.5 Å². The number of anilines is 1. The van der Waals surface area contributed by atoms with Crippen molar-refractivity contribution in [3.05, 3.63) is 53.6 Å². The molecule has 9 heteroatoms. The summed E-state index contributed by atoms with van der Waals surface area (Å²) in [4.78, 5) is 13.9. The number of benzene rings is 2. The average Bonchev–Trinajstić information content (AvgIpc) is 2.49. The summed E-state index contributed by atoms with van der Waals surface area (Å²) in [5, 5.41) is 0. The van der Waals surface area contributed by atoms with E-state index in [1.165, 1.54) is 29.2 Å². The molecule has 1 amide bonds. The van der Waals surface area contributed by atoms with E-state index in [1.54, 1.807) is 14.1 Å². The molecule has 2 aromatic rings. The summed E-state index contributed by atoms with van der Waals surface area (Å²) in [6.45, 7) is 0. The van der Waals surface area contributed by atoms with Crippen molar-refractivity contribution in [2.75, 3.05) is 25.1 Å². The molecule has 0 unspecified atom stereocenters. The van der Waals surface area contributed by atoms with Crippen molar-refractivity contribution in [2.45, 2.75) is 9.79 Å². The van der Waals surface area contributed by atoms with E-state index in [1.807, 2.05) is 0 Å². The average molecular weight is 386 g/mol. The fourth-order valence-corrected chi connectivity index (χ4v) is 3.54. The lowest BCUT2D eigenvalue weighted by Crippen LogP contribution is -2.21. The van der Waals surface area contributed by atoms with Crippen LogP contribution in [0.2, 0.25) is 0 Å². The van der Waals surface area contributed by atoms with Crippen molar-refractivity contribution >= 4 is 33.4 Å². The number of hydrogen-bond donors (Lipinski definition) is 1. The van der Waals surface area contributed by atoms with E-state index in [-0.39, 0.29) is 16.5 Å². The maximum Gasteiger partial charge on any atom is 0.253 e. The molecule has 0 aliphatic carbocycles. The number of sulfonamides is 1. The number of halogens is 2. The minimum absolute atomic E-state index is 0.104. The number of nitrogens with one attached hydrogen (secondary N) is 1. The standard InChI is InChI=1S/C16H16F2N2O3S2/c1-20(2)16(21)10-4-6-13(19-25(3,22)23)15(8-10)24-14-7-5-11(17)9-12(14)18/h4-9,19H,1-3H3. The Morgan fingerprint density at radius 1 is 1.08 bits per heavy atom. The Labute approximate surface area is 149 Å². The molecule has 0 aliphatic heterocycles. The number of carbonyl (C=O) groups is 1. The van der Waals surface area contributed by atoms with Crippen LogP contribution in [0, 0.1) is 11.6 Å². The highest BCUT2D eigenvalue weighted by molar-refractivity contribution is 7.99. The topological polar surface area (TPSA) is 66.5 Å². The molecule has 5 nitrogen and oxygen atoms in total. The van der Waals surface area contributed by atoms with Crippen LogP contribution in [-0.2, 0) is 10.0 Å². The molecule has 0 radical (unpaired) electrons. The molecule has 25 heavy (non-hydrogen) atoms. The van der Waals surface area contributed by atoms with Gasteiger partial charge >= 0.3 is 0 Å². The summed E-state index contributed by atoms with van der Waals surface area (Å²) < 4.78 is 52.3. The van der Waals surface area contributed by atoms with E-state index in [0.717, 1.165) is 30.2 Å². The summed E-state index contributed by atoms with van der Waals surface area (Å²) in [6, 6.07) is 7.45. The van der Waals surface area contributed by atoms with Gasteiger partial charge in [-0.3, -0.25) is 9.52 Å². The summed E-state index contributed by atoms with van der Waals surface area (Å²) >= 11 is 0.894. The van der Waals surface area contributed by atoms with Crippen LogP contribution in [0.4, 0.5) is 14.5 Å². The zero-order valence-corrected chi connectivity index (χ0v) is 15.3. The minimum Gasteiger partial charge on any atom is -0.345 e. The molecule has 0 saturated carbocycles. The Kier molecular flexibility index (Phi) is 5.69. The van der Waals surface area contributed by atoms with Gasteiger partial charge in [-0.2, -0.15) is 0 Å². The molecule has 2 rings (SSSR count). The van der Waals surface area contributed by atoms with Crippen molar-refractivity contribution in [3.8, 4) is 0 Å². The first-order valence-corrected chi connectivity index (χ1v) is 9.74. The molecular formula is C16H16F2N2O3S2. The normalized spacial score (nSPS) is 11.2. The molecule has 0 heterocycles. The van der Waals surface area contributed by atoms with Gasteiger partial charge in [0.1, 0.15) is 11.6 Å². The molecule has 0 fully saturated rings. The van der Waals surface area contributed by atoms with Crippen LogP contribution in [-0.4, -0.2) is 39.6 Å². The van der Waals surface area contributed by atoms with Gasteiger partial charge in [-0.25, -0.2) is 17.2 Å². The molecule has 0 aromatic heterocycles. The van der Waals surface area contributed by atoms with E-state index in [9.17, 15) is 22.0 Å². The Morgan fingerprint density at radius 2 is 1.76 bits per heavy atom. The van der Waals surface area contributed by atoms with Crippen LogP contribution in [0.3, 0.4) is 0 Å². The number of carbonyl (C=O) groups excluding carboxylic acids is 1. The first-order chi connectivity index (χ1) is 11.6. The molecule has 0 aliphatic rings. The largest absolute Gasteiger partial charge is 0.345 e. The van der Waals surface area contributed by atoms with Gasteiger partial charge in [0.05, 0.1) is 11.9 Å². The third kappa shape index (κ3) is 5.17. The highest BCUT2D eigenvalue weighted by atomic mass is 32.2. The lowest BCUT2D eigenvalue weighted by molar-refractivity contribution is 0.0827. The summed E-state index contributed by atoms with van der Waals surface area (Å²) in [6.07, 6.45) is 0.985. The van der Waals surface area contributed by atoms with Crippen molar-refractivity contribution in [3.63, 3.8) is 0 Å². The maximum atomic E-state index is 13.9. The first kappa shape index (κ1) is 19.2. The Balaban J connectivity index is 2.49. The first-order valence-electron chi connectivity index (χ1n) is 7.03. The zero-order valence-electron chi connectivity index (χ0n) is 13.7. The predicted octanol–water partition coefficient (Wildman–Crippen LogP) is 3.19. The number of rotatable bonds is 5. The highest BCUT2D eigenvalue weighted by Gasteiger charge is 2.16. The van der Waals surface area contributed by atoms with Gasteiger partial charge < -0.3 is 4.90 Å². The quantitative estimate of drug-likeness (QED) is 0.857. The molecule has 1 N–H and O–H groups in total. The van der Waals surface area contributed by atoms with Gasteiger partial charge in [0.2, 0.25) is 10.0 Å². The lowest BCUT2D eigenvalue weighted by atomic mass is 10.2. The predicted molar refractivity (Wildman–Crippen MR) is 93.4 cm³/mol.